The van der Waals surface area contributed by atoms with Crippen LogP contribution >= 0.6 is 0 Å². The molecule has 0 aromatic heterocycles. The van der Waals surface area contributed by atoms with Gasteiger partial charge in [-0.3, -0.25) is 0 Å². The van der Waals surface area contributed by atoms with Crippen LogP contribution in [0.2, 0.25) is 10.6 Å². The Balaban J connectivity index is 2.60. The summed E-state index contributed by atoms with van der Waals surface area (Å²) in [6.07, 6.45) is 1.15. The monoisotopic (exact) mass is 196 g/mol. The SMILES string of the molecule is CCCOCC[Se]CC. The predicted molar refractivity (Wildman–Crippen MR) is 42.2 cm³/mol. The molecular weight excluding hydrogens is 179 g/mol. The van der Waals surface area contributed by atoms with Gasteiger partial charge in [0, 0.05) is 0 Å². The van der Waals surface area contributed by atoms with Crippen LogP contribution in [0.4, 0.5) is 0 Å². The molecule has 0 saturated carbocycles. The third-order valence-electron chi connectivity index (χ3n) is 0.925. The first-order valence-corrected chi connectivity index (χ1v) is 5.99. The van der Waals surface area contributed by atoms with Gasteiger partial charge in [-0.15, -0.1) is 0 Å². The first-order valence-electron chi connectivity index (χ1n) is 3.57. The van der Waals surface area contributed by atoms with Gasteiger partial charge < -0.3 is 0 Å². The van der Waals surface area contributed by atoms with Crippen LogP contribution in [0.25, 0.3) is 0 Å². The van der Waals surface area contributed by atoms with Crippen LogP contribution in [0.3, 0.4) is 0 Å². The van der Waals surface area contributed by atoms with Crippen molar-refractivity contribution < 1.29 is 4.74 Å². The van der Waals surface area contributed by atoms with E-state index in [4.69, 9.17) is 4.74 Å². The fourth-order valence-electron chi connectivity index (χ4n) is 0.509. The summed E-state index contributed by atoms with van der Waals surface area (Å²) < 4.78 is 5.30. The molecule has 0 aliphatic rings. The van der Waals surface area contributed by atoms with Crippen molar-refractivity contribution in [3.8, 4) is 0 Å². The van der Waals surface area contributed by atoms with Gasteiger partial charge in [0.1, 0.15) is 0 Å². The molecule has 0 aliphatic carbocycles. The fourth-order valence-corrected chi connectivity index (χ4v) is 1.61. The molecule has 0 radical (unpaired) electrons. The maximum absolute atomic E-state index is 5.30. The van der Waals surface area contributed by atoms with Crippen LogP contribution in [0, 0.1) is 0 Å². The molecule has 9 heavy (non-hydrogen) atoms. The first kappa shape index (κ1) is 9.48. The fraction of sp³-hybridized carbons (Fsp3) is 1.00. The molecule has 0 rings (SSSR count). The van der Waals surface area contributed by atoms with Crippen molar-refractivity contribution in [3.63, 3.8) is 0 Å². The Morgan fingerprint density at radius 3 is 2.56 bits per heavy atom. The molecule has 0 aromatic rings. The second-order valence-electron chi connectivity index (χ2n) is 1.81. The van der Waals surface area contributed by atoms with E-state index in [2.05, 4.69) is 13.8 Å². The molecule has 0 fully saturated rings. The number of ether oxygens (including phenoxy) is 1. The minimum absolute atomic E-state index is 0.841. The van der Waals surface area contributed by atoms with E-state index in [0.29, 0.717) is 0 Å². The van der Waals surface area contributed by atoms with Gasteiger partial charge >= 0.3 is 63.8 Å². The molecule has 0 bridgehead atoms. The minimum atomic E-state index is 0.841. The average Bonchev–Trinajstić information content (AvgIpc) is 1.89. The van der Waals surface area contributed by atoms with Gasteiger partial charge in [0.05, 0.1) is 0 Å². The van der Waals surface area contributed by atoms with Crippen molar-refractivity contribution in [2.24, 2.45) is 0 Å². The van der Waals surface area contributed by atoms with Crippen molar-refractivity contribution in [3.05, 3.63) is 0 Å². The second-order valence-corrected chi connectivity index (χ2v) is 4.73. The van der Waals surface area contributed by atoms with Crippen LogP contribution in [0.5, 0.6) is 0 Å². The van der Waals surface area contributed by atoms with Gasteiger partial charge in [-0.1, -0.05) is 0 Å². The molecule has 0 spiro atoms. The number of hydrogen-bond acceptors (Lipinski definition) is 1. The summed E-state index contributed by atoms with van der Waals surface area (Å²) >= 11 is 0.841. The molecule has 56 valence electrons. The van der Waals surface area contributed by atoms with E-state index in [9.17, 15) is 0 Å². The third kappa shape index (κ3) is 8.48. The van der Waals surface area contributed by atoms with E-state index >= 15 is 0 Å². The molecule has 0 N–H and O–H groups in total. The standard InChI is InChI=1S/C7H16OSe/c1-3-5-8-6-7-9-4-2/h3-7H2,1-2H3. The molecule has 0 aliphatic heterocycles. The Morgan fingerprint density at radius 1 is 1.22 bits per heavy atom. The van der Waals surface area contributed by atoms with Crippen LogP contribution in [0.1, 0.15) is 20.3 Å². The van der Waals surface area contributed by atoms with E-state index < -0.39 is 0 Å². The second kappa shape index (κ2) is 8.48. The Bertz CT molecular complexity index is 42.2. The number of rotatable bonds is 6. The molecular formula is C7H16OSe. The van der Waals surface area contributed by atoms with E-state index in [1.807, 2.05) is 0 Å². The van der Waals surface area contributed by atoms with Crippen molar-refractivity contribution in [2.45, 2.75) is 30.9 Å². The average molecular weight is 195 g/mol. The Morgan fingerprint density at radius 2 is 2.00 bits per heavy atom. The van der Waals surface area contributed by atoms with Crippen molar-refractivity contribution in [2.75, 3.05) is 13.2 Å². The van der Waals surface area contributed by atoms with Gasteiger partial charge in [0.2, 0.25) is 0 Å². The molecule has 0 heterocycles. The van der Waals surface area contributed by atoms with Gasteiger partial charge in [-0.25, -0.2) is 0 Å². The summed E-state index contributed by atoms with van der Waals surface area (Å²) in [5, 5.41) is 2.64. The van der Waals surface area contributed by atoms with Crippen molar-refractivity contribution in [1.82, 2.24) is 0 Å². The van der Waals surface area contributed by atoms with Crippen LogP contribution < -0.4 is 0 Å². The van der Waals surface area contributed by atoms with Gasteiger partial charge in [-0.2, -0.15) is 0 Å². The van der Waals surface area contributed by atoms with Crippen LogP contribution in [0.15, 0.2) is 0 Å². The summed E-state index contributed by atoms with van der Waals surface area (Å²) in [5.41, 5.74) is 0. The zero-order valence-electron chi connectivity index (χ0n) is 6.35. The van der Waals surface area contributed by atoms with E-state index in [-0.39, 0.29) is 0 Å². The third-order valence-corrected chi connectivity index (χ3v) is 2.74. The maximum atomic E-state index is 5.30. The Labute approximate surface area is 64.3 Å². The normalized spacial score (nSPS) is 10.0. The summed E-state index contributed by atoms with van der Waals surface area (Å²) in [6.45, 7) is 6.31. The van der Waals surface area contributed by atoms with E-state index in [1.54, 1.807) is 0 Å². The Kier molecular flexibility index (Phi) is 8.93. The quantitative estimate of drug-likeness (QED) is 0.465. The molecule has 2 heteroatoms. The van der Waals surface area contributed by atoms with Gasteiger partial charge in [0.15, 0.2) is 0 Å². The zero-order chi connectivity index (χ0) is 6.95. The summed E-state index contributed by atoms with van der Waals surface area (Å²) in [5.74, 6) is 0. The summed E-state index contributed by atoms with van der Waals surface area (Å²) in [6, 6.07) is 0. The van der Waals surface area contributed by atoms with E-state index in [0.717, 1.165) is 34.6 Å². The van der Waals surface area contributed by atoms with Gasteiger partial charge in [-0.05, 0) is 0 Å². The molecule has 0 atom stereocenters. The predicted octanol–water partition coefficient (Wildman–Crippen LogP) is 1.97. The first-order chi connectivity index (χ1) is 4.41. The van der Waals surface area contributed by atoms with Gasteiger partial charge in [0.25, 0.3) is 0 Å². The molecule has 0 aromatic carbocycles. The van der Waals surface area contributed by atoms with E-state index in [1.165, 1.54) is 10.6 Å². The number of hydrogen-bond donors (Lipinski definition) is 0. The topological polar surface area (TPSA) is 9.23 Å². The van der Waals surface area contributed by atoms with Crippen LogP contribution in [-0.2, 0) is 4.74 Å². The zero-order valence-corrected chi connectivity index (χ0v) is 8.07. The summed E-state index contributed by atoms with van der Waals surface area (Å²) in [7, 11) is 0. The Hall–Kier alpha value is 0.479. The van der Waals surface area contributed by atoms with Crippen LogP contribution in [-0.4, -0.2) is 28.2 Å². The molecule has 1 nitrogen and oxygen atoms in total. The summed E-state index contributed by atoms with van der Waals surface area (Å²) in [4.78, 5) is 0. The van der Waals surface area contributed by atoms with Crippen molar-refractivity contribution >= 4 is 15.0 Å². The molecule has 0 amide bonds. The molecule has 0 unspecified atom stereocenters. The molecule has 0 saturated heterocycles. The van der Waals surface area contributed by atoms with Crippen molar-refractivity contribution in [1.29, 1.82) is 0 Å².